The molecule has 28 heavy (non-hydrogen) atoms. The van der Waals surface area contributed by atoms with E-state index in [2.05, 4.69) is 27.1 Å². The SMILES string of the molecule is CCCCc1cc(N2CCCC(N)C2)nc(Nc2ccc(F)c([N+](=O)[O-])c2)n1. The number of hydrogen-bond acceptors (Lipinski definition) is 7. The van der Waals surface area contributed by atoms with Crippen LogP contribution in [0.5, 0.6) is 0 Å². The summed E-state index contributed by atoms with van der Waals surface area (Å²) in [5.74, 6) is 0.246. The number of halogens is 1. The van der Waals surface area contributed by atoms with Gasteiger partial charge < -0.3 is 16.0 Å². The molecule has 1 unspecified atom stereocenters. The van der Waals surface area contributed by atoms with E-state index in [-0.39, 0.29) is 6.04 Å². The van der Waals surface area contributed by atoms with Gasteiger partial charge in [0, 0.05) is 42.6 Å². The van der Waals surface area contributed by atoms with E-state index in [9.17, 15) is 14.5 Å². The molecule has 1 fully saturated rings. The van der Waals surface area contributed by atoms with E-state index in [0.29, 0.717) is 11.6 Å². The summed E-state index contributed by atoms with van der Waals surface area (Å²) in [6, 6.07) is 5.73. The van der Waals surface area contributed by atoms with Gasteiger partial charge in [0.1, 0.15) is 5.82 Å². The Balaban J connectivity index is 1.89. The Morgan fingerprint density at radius 2 is 2.21 bits per heavy atom. The molecule has 1 aromatic carbocycles. The van der Waals surface area contributed by atoms with Gasteiger partial charge in [0.15, 0.2) is 0 Å². The van der Waals surface area contributed by atoms with Crippen LogP contribution in [-0.2, 0) is 6.42 Å². The van der Waals surface area contributed by atoms with Gasteiger partial charge in [0.25, 0.3) is 0 Å². The Kier molecular flexibility index (Phi) is 6.35. The van der Waals surface area contributed by atoms with Crippen molar-refractivity contribution in [2.75, 3.05) is 23.3 Å². The molecule has 1 aliphatic rings. The molecule has 0 bridgehead atoms. The average Bonchev–Trinajstić information content (AvgIpc) is 2.67. The maximum Gasteiger partial charge on any atom is 0.306 e. The molecular weight excluding hydrogens is 363 g/mol. The van der Waals surface area contributed by atoms with Crippen LogP contribution in [0.2, 0.25) is 0 Å². The zero-order valence-electron chi connectivity index (χ0n) is 15.9. The van der Waals surface area contributed by atoms with Crippen LogP contribution >= 0.6 is 0 Å². The molecule has 8 nitrogen and oxygen atoms in total. The first-order chi connectivity index (χ1) is 13.5. The molecule has 0 saturated carbocycles. The van der Waals surface area contributed by atoms with Crippen molar-refractivity contribution in [3.05, 3.63) is 45.9 Å². The molecule has 0 amide bonds. The highest BCUT2D eigenvalue weighted by molar-refractivity contribution is 5.59. The second-order valence-corrected chi connectivity index (χ2v) is 7.04. The number of nitrogens with one attached hydrogen (secondary N) is 1. The van der Waals surface area contributed by atoms with E-state index in [1.54, 1.807) is 0 Å². The van der Waals surface area contributed by atoms with Crippen molar-refractivity contribution in [1.82, 2.24) is 9.97 Å². The van der Waals surface area contributed by atoms with Crippen molar-refractivity contribution in [1.29, 1.82) is 0 Å². The van der Waals surface area contributed by atoms with E-state index in [1.807, 2.05) is 6.07 Å². The van der Waals surface area contributed by atoms with Crippen LogP contribution in [0.15, 0.2) is 24.3 Å². The van der Waals surface area contributed by atoms with Crippen LogP contribution in [0.1, 0.15) is 38.3 Å². The normalized spacial score (nSPS) is 16.8. The van der Waals surface area contributed by atoms with Crippen molar-refractivity contribution in [3.63, 3.8) is 0 Å². The standard InChI is InChI=1S/C19H25FN6O2/c1-2-3-6-14-11-18(25-9-4-5-13(21)12-25)24-19(22-14)23-15-7-8-16(20)17(10-15)26(27)28/h7-8,10-11,13H,2-6,9,12,21H2,1H3,(H,22,23,24). The molecule has 9 heteroatoms. The van der Waals surface area contributed by atoms with Crippen LogP contribution in [-0.4, -0.2) is 34.0 Å². The summed E-state index contributed by atoms with van der Waals surface area (Å²) >= 11 is 0. The predicted molar refractivity (Wildman–Crippen MR) is 106 cm³/mol. The zero-order chi connectivity index (χ0) is 20.1. The number of piperidine rings is 1. The summed E-state index contributed by atoms with van der Waals surface area (Å²) in [5, 5.41) is 14.0. The number of nitro groups is 1. The first-order valence-electron chi connectivity index (χ1n) is 9.55. The van der Waals surface area contributed by atoms with Crippen molar-refractivity contribution in [2.24, 2.45) is 5.73 Å². The number of nitrogens with two attached hydrogens (primary N) is 1. The van der Waals surface area contributed by atoms with Crippen molar-refractivity contribution in [2.45, 2.75) is 45.1 Å². The number of benzene rings is 1. The maximum atomic E-state index is 13.6. The average molecular weight is 388 g/mol. The Morgan fingerprint density at radius 3 is 2.93 bits per heavy atom. The van der Waals surface area contributed by atoms with Gasteiger partial charge in [-0.3, -0.25) is 10.1 Å². The van der Waals surface area contributed by atoms with Crippen LogP contribution < -0.4 is 16.0 Å². The fourth-order valence-corrected chi connectivity index (χ4v) is 3.26. The van der Waals surface area contributed by atoms with Crippen LogP contribution in [0, 0.1) is 15.9 Å². The molecule has 2 aromatic rings. The second-order valence-electron chi connectivity index (χ2n) is 7.04. The highest BCUT2D eigenvalue weighted by atomic mass is 19.1. The minimum atomic E-state index is -0.879. The highest BCUT2D eigenvalue weighted by Gasteiger charge is 2.20. The van der Waals surface area contributed by atoms with Gasteiger partial charge in [-0.25, -0.2) is 4.98 Å². The van der Waals surface area contributed by atoms with Gasteiger partial charge >= 0.3 is 5.69 Å². The first-order valence-corrected chi connectivity index (χ1v) is 9.55. The Bertz CT molecular complexity index is 847. The van der Waals surface area contributed by atoms with Crippen molar-refractivity contribution < 1.29 is 9.31 Å². The van der Waals surface area contributed by atoms with Gasteiger partial charge in [-0.1, -0.05) is 13.3 Å². The third-order valence-corrected chi connectivity index (χ3v) is 4.73. The van der Waals surface area contributed by atoms with E-state index in [4.69, 9.17) is 5.73 Å². The summed E-state index contributed by atoms with van der Waals surface area (Å²) in [6.07, 6.45) is 4.85. The Hall–Kier alpha value is -2.81. The summed E-state index contributed by atoms with van der Waals surface area (Å²) in [7, 11) is 0. The smallest absolute Gasteiger partial charge is 0.306 e. The summed E-state index contributed by atoms with van der Waals surface area (Å²) in [4.78, 5) is 21.5. The zero-order valence-corrected chi connectivity index (χ0v) is 15.9. The molecule has 0 spiro atoms. The number of nitrogens with zero attached hydrogens (tertiary/aromatic N) is 4. The molecule has 1 aliphatic heterocycles. The van der Waals surface area contributed by atoms with Gasteiger partial charge in [-0.05, 0) is 37.8 Å². The monoisotopic (exact) mass is 388 g/mol. The molecule has 0 aliphatic carbocycles. The van der Waals surface area contributed by atoms with Gasteiger partial charge in [0.05, 0.1) is 4.92 Å². The molecular formula is C19H25FN6O2. The summed E-state index contributed by atoms with van der Waals surface area (Å²) < 4.78 is 13.6. The summed E-state index contributed by atoms with van der Waals surface area (Å²) in [6.45, 7) is 3.72. The lowest BCUT2D eigenvalue weighted by molar-refractivity contribution is -0.387. The molecule has 150 valence electrons. The van der Waals surface area contributed by atoms with E-state index in [0.717, 1.165) is 68.8 Å². The molecule has 3 rings (SSSR count). The van der Waals surface area contributed by atoms with Gasteiger partial charge in [-0.2, -0.15) is 9.37 Å². The van der Waals surface area contributed by atoms with Gasteiger partial charge in [0.2, 0.25) is 11.8 Å². The van der Waals surface area contributed by atoms with Gasteiger partial charge in [-0.15, -0.1) is 0 Å². The minimum absolute atomic E-state index is 0.110. The fraction of sp³-hybridized carbons (Fsp3) is 0.474. The topological polar surface area (TPSA) is 110 Å². The number of hydrogen-bond donors (Lipinski definition) is 2. The van der Waals surface area contributed by atoms with Crippen LogP contribution in [0.25, 0.3) is 0 Å². The van der Waals surface area contributed by atoms with Crippen LogP contribution in [0.4, 0.5) is 27.5 Å². The second kappa shape index (κ2) is 8.92. The largest absolute Gasteiger partial charge is 0.355 e. The lowest BCUT2D eigenvalue weighted by Crippen LogP contribution is -2.43. The summed E-state index contributed by atoms with van der Waals surface area (Å²) in [5.41, 5.74) is 6.77. The van der Waals surface area contributed by atoms with E-state index < -0.39 is 16.4 Å². The number of anilines is 3. The minimum Gasteiger partial charge on any atom is -0.355 e. The van der Waals surface area contributed by atoms with Crippen molar-refractivity contribution in [3.8, 4) is 0 Å². The lowest BCUT2D eigenvalue weighted by atomic mass is 10.1. The number of nitro benzene ring substituents is 1. The number of aromatic nitrogens is 2. The first kappa shape index (κ1) is 19.9. The van der Waals surface area contributed by atoms with Crippen molar-refractivity contribution >= 4 is 23.1 Å². The lowest BCUT2D eigenvalue weighted by Gasteiger charge is -2.32. The van der Waals surface area contributed by atoms with E-state index in [1.165, 1.54) is 6.07 Å². The molecule has 1 aromatic heterocycles. The quantitative estimate of drug-likeness (QED) is 0.551. The molecule has 3 N–H and O–H groups in total. The maximum absolute atomic E-state index is 13.6. The molecule has 0 radical (unpaired) electrons. The van der Waals surface area contributed by atoms with Crippen LogP contribution in [0.3, 0.4) is 0 Å². The molecule has 2 heterocycles. The Morgan fingerprint density at radius 1 is 1.39 bits per heavy atom. The van der Waals surface area contributed by atoms with E-state index >= 15 is 0 Å². The predicted octanol–water partition coefficient (Wildman–Crippen LogP) is 3.54. The highest BCUT2D eigenvalue weighted by Crippen LogP contribution is 2.25. The third-order valence-electron chi connectivity index (χ3n) is 4.73. The fourth-order valence-electron chi connectivity index (χ4n) is 3.26. The molecule has 1 saturated heterocycles. The Labute approximate surface area is 163 Å². The number of rotatable bonds is 7. The molecule has 1 atom stereocenters. The third kappa shape index (κ3) is 4.92. The number of unbranched alkanes of at least 4 members (excludes halogenated alkanes) is 1. The number of aryl methyl sites for hydroxylation is 1.